The number of benzene rings is 1. The van der Waals surface area contributed by atoms with E-state index < -0.39 is 0 Å². The van der Waals surface area contributed by atoms with Crippen molar-refractivity contribution in [2.45, 2.75) is 26.4 Å². The zero-order valence-electron chi connectivity index (χ0n) is 16.4. The van der Waals surface area contributed by atoms with E-state index in [9.17, 15) is 0 Å². The standard InChI is InChI=1S/C22H22N4O3/c1-14-10-15(2)26-22(25-14)17(13-24-26)12-23-21(19-4-3-7-27-19)16-5-6-18-20(11-16)29-9-8-28-18/h3-7,10-11,13,21,23H,8-9,12H2,1-2H3. The van der Waals surface area contributed by atoms with E-state index in [1.807, 2.05) is 61.0 Å². The maximum absolute atomic E-state index is 5.76. The fourth-order valence-corrected chi connectivity index (χ4v) is 3.73. The van der Waals surface area contributed by atoms with Crippen LogP contribution < -0.4 is 14.8 Å². The molecular formula is C22H22N4O3. The molecule has 7 nitrogen and oxygen atoms in total. The van der Waals surface area contributed by atoms with Gasteiger partial charge in [0.15, 0.2) is 17.1 Å². The second-order valence-corrected chi connectivity index (χ2v) is 7.18. The summed E-state index contributed by atoms with van der Waals surface area (Å²) in [7, 11) is 0. The van der Waals surface area contributed by atoms with Crippen molar-refractivity contribution in [3.63, 3.8) is 0 Å². The molecule has 3 aromatic heterocycles. The molecule has 7 heteroatoms. The summed E-state index contributed by atoms with van der Waals surface area (Å²) in [5.41, 5.74) is 4.99. The number of hydrogen-bond donors (Lipinski definition) is 1. The first-order chi connectivity index (χ1) is 14.2. The first-order valence-electron chi connectivity index (χ1n) is 9.66. The number of aryl methyl sites for hydroxylation is 2. The topological polar surface area (TPSA) is 73.8 Å². The molecule has 1 N–H and O–H groups in total. The van der Waals surface area contributed by atoms with E-state index in [4.69, 9.17) is 13.9 Å². The van der Waals surface area contributed by atoms with Crippen molar-refractivity contribution in [2.24, 2.45) is 0 Å². The number of fused-ring (bicyclic) bond motifs is 2. The lowest BCUT2D eigenvalue weighted by molar-refractivity contribution is 0.171. The molecule has 0 saturated carbocycles. The maximum atomic E-state index is 5.76. The van der Waals surface area contributed by atoms with Crippen molar-refractivity contribution < 1.29 is 13.9 Å². The van der Waals surface area contributed by atoms with Gasteiger partial charge in [-0.3, -0.25) is 5.32 Å². The summed E-state index contributed by atoms with van der Waals surface area (Å²) in [6.07, 6.45) is 3.55. The van der Waals surface area contributed by atoms with Crippen molar-refractivity contribution in [3.8, 4) is 11.5 Å². The average Bonchev–Trinajstić information content (AvgIpc) is 3.39. The van der Waals surface area contributed by atoms with Crippen LogP contribution in [-0.4, -0.2) is 27.8 Å². The van der Waals surface area contributed by atoms with E-state index in [0.717, 1.165) is 45.4 Å². The third kappa shape index (κ3) is 3.34. The fraction of sp³-hybridized carbons (Fsp3) is 0.273. The van der Waals surface area contributed by atoms with Gasteiger partial charge in [-0.05, 0) is 49.7 Å². The second-order valence-electron chi connectivity index (χ2n) is 7.18. The molecule has 0 spiro atoms. The van der Waals surface area contributed by atoms with Crippen LogP contribution in [0.2, 0.25) is 0 Å². The minimum atomic E-state index is -0.137. The van der Waals surface area contributed by atoms with Gasteiger partial charge in [-0.25, -0.2) is 9.50 Å². The molecular weight excluding hydrogens is 368 g/mol. The van der Waals surface area contributed by atoms with Gasteiger partial charge in [0, 0.05) is 23.5 Å². The Bertz CT molecular complexity index is 1150. The Morgan fingerprint density at radius 1 is 1.10 bits per heavy atom. The highest BCUT2D eigenvalue weighted by atomic mass is 16.6. The van der Waals surface area contributed by atoms with Gasteiger partial charge in [-0.15, -0.1) is 0 Å². The van der Waals surface area contributed by atoms with E-state index in [1.54, 1.807) is 6.26 Å². The molecule has 1 unspecified atom stereocenters. The SMILES string of the molecule is Cc1cc(C)n2ncc(CNC(c3ccc4c(c3)OCCO4)c3ccco3)c2n1. The van der Waals surface area contributed by atoms with Gasteiger partial charge in [0.2, 0.25) is 0 Å². The molecule has 0 radical (unpaired) electrons. The van der Waals surface area contributed by atoms with Crippen molar-refractivity contribution in [1.29, 1.82) is 0 Å². The zero-order chi connectivity index (χ0) is 19.8. The summed E-state index contributed by atoms with van der Waals surface area (Å²) in [5.74, 6) is 2.37. The number of aromatic nitrogens is 3. The Hall–Kier alpha value is -3.32. The molecule has 29 heavy (non-hydrogen) atoms. The highest BCUT2D eigenvalue weighted by molar-refractivity contribution is 5.49. The number of ether oxygens (including phenoxy) is 2. The van der Waals surface area contributed by atoms with Crippen LogP contribution in [0.15, 0.2) is 53.3 Å². The molecule has 1 atom stereocenters. The first-order valence-corrected chi connectivity index (χ1v) is 9.66. The Morgan fingerprint density at radius 3 is 2.79 bits per heavy atom. The third-order valence-electron chi connectivity index (χ3n) is 5.07. The van der Waals surface area contributed by atoms with Crippen LogP contribution in [0.4, 0.5) is 0 Å². The van der Waals surface area contributed by atoms with Gasteiger partial charge in [0.05, 0.1) is 18.5 Å². The fourth-order valence-electron chi connectivity index (χ4n) is 3.73. The van der Waals surface area contributed by atoms with E-state index in [0.29, 0.717) is 19.8 Å². The van der Waals surface area contributed by atoms with Gasteiger partial charge >= 0.3 is 0 Å². The van der Waals surface area contributed by atoms with Crippen LogP contribution in [0.5, 0.6) is 11.5 Å². The molecule has 0 saturated heterocycles. The van der Waals surface area contributed by atoms with E-state index in [1.165, 1.54) is 0 Å². The van der Waals surface area contributed by atoms with Crippen LogP contribution in [0.3, 0.4) is 0 Å². The van der Waals surface area contributed by atoms with Gasteiger partial charge in [-0.1, -0.05) is 6.07 Å². The lowest BCUT2D eigenvalue weighted by Crippen LogP contribution is -2.22. The van der Waals surface area contributed by atoms with Crippen LogP contribution in [0, 0.1) is 13.8 Å². The molecule has 0 bridgehead atoms. The molecule has 4 aromatic rings. The molecule has 4 heterocycles. The third-order valence-corrected chi connectivity index (χ3v) is 5.07. The van der Waals surface area contributed by atoms with Crippen molar-refractivity contribution >= 4 is 5.65 Å². The van der Waals surface area contributed by atoms with E-state index in [-0.39, 0.29) is 6.04 Å². The summed E-state index contributed by atoms with van der Waals surface area (Å²) in [6.45, 7) is 5.76. The summed E-state index contributed by atoms with van der Waals surface area (Å²) >= 11 is 0. The molecule has 5 rings (SSSR count). The van der Waals surface area contributed by atoms with Crippen LogP contribution in [0.1, 0.15) is 34.3 Å². The number of nitrogens with zero attached hydrogens (tertiary/aromatic N) is 3. The van der Waals surface area contributed by atoms with Crippen molar-refractivity contribution in [2.75, 3.05) is 13.2 Å². The highest BCUT2D eigenvalue weighted by Crippen LogP contribution is 2.34. The van der Waals surface area contributed by atoms with E-state index in [2.05, 4.69) is 15.4 Å². The van der Waals surface area contributed by atoms with Gasteiger partial charge in [0.25, 0.3) is 0 Å². The Balaban J connectivity index is 1.46. The minimum Gasteiger partial charge on any atom is -0.486 e. The van der Waals surface area contributed by atoms with Crippen LogP contribution in [0.25, 0.3) is 5.65 Å². The zero-order valence-corrected chi connectivity index (χ0v) is 16.4. The molecule has 148 valence electrons. The smallest absolute Gasteiger partial charge is 0.161 e. The van der Waals surface area contributed by atoms with Crippen molar-refractivity contribution in [1.82, 2.24) is 19.9 Å². The molecule has 0 fully saturated rings. The summed E-state index contributed by atoms with van der Waals surface area (Å²) < 4.78 is 19.0. The molecule has 0 aliphatic carbocycles. The first kappa shape index (κ1) is 17.8. The molecule has 1 aromatic carbocycles. The van der Waals surface area contributed by atoms with E-state index >= 15 is 0 Å². The lowest BCUT2D eigenvalue weighted by Gasteiger charge is -2.22. The Morgan fingerprint density at radius 2 is 1.97 bits per heavy atom. The average molecular weight is 390 g/mol. The summed E-state index contributed by atoms with van der Waals surface area (Å²) in [4.78, 5) is 4.67. The maximum Gasteiger partial charge on any atom is 0.161 e. The molecule has 1 aliphatic heterocycles. The quantitative estimate of drug-likeness (QED) is 0.561. The number of nitrogens with one attached hydrogen (secondary N) is 1. The normalized spacial score (nSPS) is 14.3. The highest BCUT2D eigenvalue weighted by Gasteiger charge is 2.21. The van der Waals surface area contributed by atoms with Gasteiger partial charge in [0.1, 0.15) is 19.0 Å². The van der Waals surface area contributed by atoms with Gasteiger partial charge in [-0.2, -0.15) is 5.10 Å². The number of hydrogen-bond acceptors (Lipinski definition) is 6. The van der Waals surface area contributed by atoms with Crippen molar-refractivity contribution in [3.05, 3.63) is 77.1 Å². The molecule has 1 aliphatic rings. The van der Waals surface area contributed by atoms with Crippen LogP contribution >= 0.6 is 0 Å². The second kappa shape index (κ2) is 7.25. The number of furan rings is 1. The molecule has 0 amide bonds. The number of rotatable bonds is 5. The largest absolute Gasteiger partial charge is 0.486 e. The van der Waals surface area contributed by atoms with Crippen LogP contribution in [-0.2, 0) is 6.54 Å². The minimum absolute atomic E-state index is 0.137. The predicted octanol–water partition coefficient (Wildman–Crippen LogP) is 3.59. The Labute approximate surface area is 168 Å². The van der Waals surface area contributed by atoms with Gasteiger partial charge < -0.3 is 13.9 Å². The summed E-state index contributed by atoms with van der Waals surface area (Å²) in [6, 6.07) is 11.8. The lowest BCUT2D eigenvalue weighted by atomic mass is 10.0. The Kier molecular flexibility index (Phi) is 4.44. The monoisotopic (exact) mass is 390 g/mol. The predicted molar refractivity (Wildman–Crippen MR) is 107 cm³/mol. The summed E-state index contributed by atoms with van der Waals surface area (Å²) in [5, 5.41) is 8.08.